The van der Waals surface area contributed by atoms with Crippen LogP contribution in [0.25, 0.3) is 11.3 Å². The number of carbonyl (C=O) groups is 2. The van der Waals surface area contributed by atoms with E-state index in [2.05, 4.69) is 5.32 Å². The average molecular weight is 432 g/mol. The summed E-state index contributed by atoms with van der Waals surface area (Å²) in [7, 11) is 5.09. The molecule has 1 N–H and O–H groups in total. The molecule has 0 unspecified atom stereocenters. The Kier molecular flexibility index (Phi) is 5.70. The van der Waals surface area contributed by atoms with E-state index in [1.165, 1.54) is 0 Å². The standard InChI is InChI=1S/C26H27N3O3.H2/c1-17-5-14-22(27-23(17)18-6-8-19(9-7-18)24(30)29(2)3)28-25(31)26(15-16-26)20-10-12-21(32-4)13-11-20;/h5-14H,15-16H2,1-4H3,(H,27,28,31);1H. The molecule has 1 fully saturated rings. The summed E-state index contributed by atoms with van der Waals surface area (Å²) in [5, 5.41) is 3.01. The number of rotatable bonds is 6. The summed E-state index contributed by atoms with van der Waals surface area (Å²) in [6.07, 6.45) is 1.62. The van der Waals surface area contributed by atoms with E-state index < -0.39 is 5.41 Å². The number of nitrogens with zero attached hydrogens (tertiary/aromatic N) is 2. The maximum absolute atomic E-state index is 13.1. The molecule has 3 aromatic rings. The minimum absolute atomic E-state index is 0. The molecular weight excluding hydrogens is 402 g/mol. The van der Waals surface area contributed by atoms with E-state index >= 15 is 0 Å². The Labute approximate surface area is 189 Å². The number of nitrogens with one attached hydrogen (secondary N) is 1. The Bertz CT molecular complexity index is 1150. The minimum atomic E-state index is -0.507. The Morgan fingerprint density at radius 2 is 1.66 bits per heavy atom. The first-order chi connectivity index (χ1) is 15.3. The molecule has 0 bridgehead atoms. The van der Waals surface area contributed by atoms with Crippen molar-refractivity contribution in [1.29, 1.82) is 0 Å². The number of anilines is 1. The number of aromatic nitrogens is 1. The third kappa shape index (κ3) is 4.08. The molecule has 166 valence electrons. The lowest BCUT2D eigenvalue weighted by Gasteiger charge is -2.17. The van der Waals surface area contributed by atoms with Gasteiger partial charge in [0.1, 0.15) is 11.6 Å². The van der Waals surface area contributed by atoms with Gasteiger partial charge in [0, 0.05) is 26.6 Å². The maximum Gasteiger partial charge on any atom is 0.253 e. The highest BCUT2D eigenvalue weighted by Crippen LogP contribution is 2.49. The topological polar surface area (TPSA) is 71.5 Å². The van der Waals surface area contributed by atoms with Crippen molar-refractivity contribution in [2.45, 2.75) is 25.2 Å². The van der Waals surface area contributed by atoms with E-state index in [0.717, 1.165) is 41.0 Å². The van der Waals surface area contributed by atoms with Gasteiger partial charge in [0.25, 0.3) is 5.91 Å². The zero-order valence-electron chi connectivity index (χ0n) is 18.8. The van der Waals surface area contributed by atoms with Crippen LogP contribution >= 0.6 is 0 Å². The molecule has 32 heavy (non-hydrogen) atoms. The number of hydrogen-bond donors (Lipinski definition) is 1. The lowest BCUT2D eigenvalue weighted by atomic mass is 9.95. The first kappa shape index (κ1) is 21.6. The molecule has 2 aromatic carbocycles. The van der Waals surface area contributed by atoms with Crippen LogP contribution in [0, 0.1) is 6.92 Å². The molecule has 2 amide bonds. The molecule has 1 heterocycles. The van der Waals surface area contributed by atoms with Crippen molar-refractivity contribution in [3.05, 3.63) is 77.4 Å². The quantitative estimate of drug-likeness (QED) is 0.615. The van der Waals surface area contributed by atoms with Gasteiger partial charge in [-0.15, -0.1) is 0 Å². The Morgan fingerprint density at radius 1 is 1.00 bits per heavy atom. The zero-order valence-corrected chi connectivity index (χ0v) is 18.8. The third-order valence-electron chi connectivity index (χ3n) is 5.98. The molecule has 0 aliphatic heterocycles. The van der Waals surface area contributed by atoms with Crippen LogP contribution in [0.15, 0.2) is 60.7 Å². The molecule has 1 aliphatic rings. The number of aryl methyl sites for hydroxylation is 1. The monoisotopic (exact) mass is 431 g/mol. The van der Waals surface area contributed by atoms with Crippen molar-refractivity contribution >= 4 is 17.6 Å². The summed E-state index contributed by atoms with van der Waals surface area (Å²) in [6, 6.07) is 18.8. The Balaban J connectivity index is 0.00000306. The second kappa shape index (κ2) is 8.46. The van der Waals surface area contributed by atoms with Crippen LogP contribution in [0.1, 0.15) is 35.8 Å². The van der Waals surface area contributed by atoms with Gasteiger partial charge in [0.2, 0.25) is 5.91 Å². The highest BCUT2D eigenvalue weighted by atomic mass is 16.5. The van der Waals surface area contributed by atoms with Crippen LogP contribution < -0.4 is 10.1 Å². The Hall–Kier alpha value is -3.67. The summed E-state index contributed by atoms with van der Waals surface area (Å²) < 4.78 is 5.23. The van der Waals surface area contributed by atoms with Crippen LogP contribution in [0.3, 0.4) is 0 Å². The fourth-order valence-corrected chi connectivity index (χ4v) is 3.84. The number of carbonyl (C=O) groups excluding carboxylic acids is 2. The number of ether oxygens (including phenoxy) is 1. The van der Waals surface area contributed by atoms with Gasteiger partial charge in [-0.05, 0) is 61.2 Å². The number of methoxy groups -OCH3 is 1. The molecular formula is C26H29N3O3. The lowest BCUT2D eigenvalue weighted by molar-refractivity contribution is -0.118. The normalized spacial score (nSPS) is 13.9. The second-order valence-electron chi connectivity index (χ2n) is 8.40. The molecule has 6 heteroatoms. The zero-order chi connectivity index (χ0) is 22.9. The van der Waals surface area contributed by atoms with E-state index in [0.29, 0.717) is 11.4 Å². The van der Waals surface area contributed by atoms with Crippen LogP contribution in [-0.2, 0) is 10.2 Å². The Morgan fingerprint density at radius 3 is 2.22 bits per heavy atom. The molecule has 6 nitrogen and oxygen atoms in total. The van der Waals surface area contributed by atoms with E-state index in [1.807, 2.05) is 55.5 Å². The summed E-state index contributed by atoms with van der Waals surface area (Å²) in [5.41, 5.74) is 3.77. The van der Waals surface area contributed by atoms with Crippen molar-refractivity contribution in [2.75, 3.05) is 26.5 Å². The van der Waals surface area contributed by atoms with Gasteiger partial charge in [-0.1, -0.05) is 30.3 Å². The predicted octanol–water partition coefficient (Wildman–Crippen LogP) is 4.68. The molecule has 0 radical (unpaired) electrons. The van der Waals surface area contributed by atoms with Gasteiger partial charge in [-0.2, -0.15) is 0 Å². The van der Waals surface area contributed by atoms with Gasteiger partial charge >= 0.3 is 0 Å². The predicted molar refractivity (Wildman–Crippen MR) is 127 cm³/mol. The fraction of sp³-hybridized carbons (Fsp3) is 0.269. The number of amides is 2. The molecule has 0 atom stereocenters. The minimum Gasteiger partial charge on any atom is -0.497 e. The smallest absolute Gasteiger partial charge is 0.253 e. The van der Waals surface area contributed by atoms with E-state index in [-0.39, 0.29) is 13.2 Å². The number of benzene rings is 2. The first-order valence-corrected chi connectivity index (χ1v) is 10.6. The average Bonchev–Trinajstić information content (AvgIpc) is 3.62. The third-order valence-corrected chi connectivity index (χ3v) is 5.98. The number of pyridine rings is 1. The molecule has 4 rings (SSSR count). The van der Waals surface area contributed by atoms with Crippen LogP contribution in [0.2, 0.25) is 0 Å². The molecule has 0 spiro atoms. The highest BCUT2D eigenvalue weighted by Gasteiger charge is 2.51. The van der Waals surface area contributed by atoms with Crippen LogP contribution in [0.4, 0.5) is 5.82 Å². The molecule has 1 aliphatic carbocycles. The largest absolute Gasteiger partial charge is 0.497 e. The van der Waals surface area contributed by atoms with Gasteiger partial charge in [0.15, 0.2) is 0 Å². The summed E-state index contributed by atoms with van der Waals surface area (Å²) >= 11 is 0. The van der Waals surface area contributed by atoms with Crippen molar-refractivity contribution in [2.24, 2.45) is 0 Å². The van der Waals surface area contributed by atoms with Gasteiger partial charge in [0.05, 0.1) is 18.2 Å². The molecule has 0 saturated heterocycles. The van der Waals surface area contributed by atoms with Crippen molar-refractivity contribution in [3.63, 3.8) is 0 Å². The summed E-state index contributed by atoms with van der Waals surface area (Å²) in [6.45, 7) is 1.98. The fourth-order valence-electron chi connectivity index (χ4n) is 3.84. The second-order valence-corrected chi connectivity index (χ2v) is 8.40. The first-order valence-electron chi connectivity index (χ1n) is 10.6. The van der Waals surface area contributed by atoms with Crippen LogP contribution in [-0.4, -0.2) is 42.9 Å². The SMILES string of the molecule is COc1ccc(C2(C(=O)Nc3ccc(C)c(-c4ccc(C(=O)N(C)C)cc4)n3)CC2)cc1.[HH]. The molecule has 1 saturated carbocycles. The summed E-state index contributed by atoms with van der Waals surface area (Å²) in [5.74, 6) is 1.20. The van der Waals surface area contributed by atoms with Gasteiger partial charge < -0.3 is 15.0 Å². The highest BCUT2D eigenvalue weighted by molar-refractivity contribution is 6.01. The van der Waals surface area contributed by atoms with E-state index in [4.69, 9.17) is 9.72 Å². The summed E-state index contributed by atoms with van der Waals surface area (Å²) in [4.78, 5) is 31.5. The van der Waals surface area contributed by atoms with E-state index in [9.17, 15) is 9.59 Å². The van der Waals surface area contributed by atoms with Crippen LogP contribution in [0.5, 0.6) is 5.75 Å². The van der Waals surface area contributed by atoms with Crippen molar-refractivity contribution in [3.8, 4) is 17.0 Å². The van der Waals surface area contributed by atoms with Gasteiger partial charge in [-0.25, -0.2) is 4.98 Å². The van der Waals surface area contributed by atoms with E-state index in [1.54, 1.807) is 38.2 Å². The van der Waals surface area contributed by atoms with Crippen molar-refractivity contribution < 1.29 is 15.8 Å². The maximum atomic E-state index is 13.1. The molecule has 1 aromatic heterocycles. The van der Waals surface area contributed by atoms with Gasteiger partial charge in [-0.3, -0.25) is 9.59 Å². The number of hydrogen-bond acceptors (Lipinski definition) is 4. The van der Waals surface area contributed by atoms with Crippen molar-refractivity contribution in [1.82, 2.24) is 9.88 Å². The lowest BCUT2D eigenvalue weighted by Crippen LogP contribution is -2.28.